The monoisotopic (exact) mass is 220 g/mol. The standard InChI is InChI=1S/C14H17FO/c1-3-4-10-13(11(2)15)14(16)12-8-6-5-7-9-12/h5-9H,3-4,10H2,1-2H3/b13-11-. The Kier molecular flexibility index (Phi) is 4.90. The summed E-state index contributed by atoms with van der Waals surface area (Å²) < 4.78 is 13.3. The van der Waals surface area contributed by atoms with Gasteiger partial charge in [0.2, 0.25) is 0 Å². The van der Waals surface area contributed by atoms with E-state index in [1.54, 1.807) is 24.3 Å². The molecule has 1 aromatic carbocycles. The van der Waals surface area contributed by atoms with Gasteiger partial charge in [-0.3, -0.25) is 4.79 Å². The number of hydrogen-bond donors (Lipinski definition) is 0. The maximum Gasteiger partial charge on any atom is 0.191 e. The van der Waals surface area contributed by atoms with E-state index in [9.17, 15) is 9.18 Å². The molecule has 0 saturated heterocycles. The van der Waals surface area contributed by atoms with Crippen molar-refractivity contribution in [1.29, 1.82) is 0 Å². The Morgan fingerprint density at radius 1 is 1.25 bits per heavy atom. The molecular weight excluding hydrogens is 203 g/mol. The molecule has 0 bridgehead atoms. The molecule has 0 atom stereocenters. The highest BCUT2D eigenvalue weighted by molar-refractivity contribution is 6.08. The normalized spacial score (nSPS) is 12.2. The van der Waals surface area contributed by atoms with Crippen molar-refractivity contribution in [3.63, 3.8) is 0 Å². The molecule has 0 saturated carbocycles. The Bertz CT molecular complexity index is 375. The van der Waals surface area contributed by atoms with Gasteiger partial charge in [0.05, 0.1) is 0 Å². The van der Waals surface area contributed by atoms with E-state index in [1.165, 1.54) is 6.92 Å². The highest BCUT2D eigenvalue weighted by Gasteiger charge is 2.14. The third-order valence-corrected chi connectivity index (χ3v) is 2.51. The zero-order valence-electron chi connectivity index (χ0n) is 9.79. The summed E-state index contributed by atoms with van der Waals surface area (Å²) in [5.41, 5.74) is 0.874. The SMILES string of the molecule is CCCC/C(C(=O)c1ccccc1)=C(\C)F. The van der Waals surface area contributed by atoms with Crippen molar-refractivity contribution in [3.8, 4) is 0 Å². The molecule has 0 N–H and O–H groups in total. The van der Waals surface area contributed by atoms with Gasteiger partial charge in [-0.25, -0.2) is 4.39 Å². The molecular formula is C14H17FO. The van der Waals surface area contributed by atoms with Gasteiger partial charge in [0.15, 0.2) is 5.78 Å². The van der Waals surface area contributed by atoms with E-state index in [1.807, 2.05) is 13.0 Å². The first-order chi connectivity index (χ1) is 7.66. The first kappa shape index (κ1) is 12.6. The van der Waals surface area contributed by atoms with Crippen molar-refractivity contribution in [1.82, 2.24) is 0 Å². The largest absolute Gasteiger partial charge is 0.289 e. The zero-order chi connectivity index (χ0) is 12.0. The number of carbonyl (C=O) groups is 1. The predicted octanol–water partition coefficient (Wildman–Crippen LogP) is 4.30. The number of halogens is 1. The molecule has 0 aromatic heterocycles. The van der Waals surface area contributed by atoms with Crippen LogP contribution in [0.15, 0.2) is 41.7 Å². The minimum atomic E-state index is -0.359. The van der Waals surface area contributed by atoms with E-state index < -0.39 is 0 Å². The van der Waals surface area contributed by atoms with Gasteiger partial charge in [-0.05, 0) is 19.8 Å². The van der Waals surface area contributed by atoms with Crippen molar-refractivity contribution in [2.75, 3.05) is 0 Å². The molecule has 16 heavy (non-hydrogen) atoms. The number of benzene rings is 1. The molecule has 0 aliphatic carbocycles. The summed E-state index contributed by atoms with van der Waals surface area (Å²) in [5.74, 6) is -0.545. The number of Topliss-reactive ketones (excluding diaryl/α,β-unsaturated/α-hetero) is 1. The maximum atomic E-state index is 13.3. The third-order valence-electron chi connectivity index (χ3n) is 2.51. The summed E-state index contributed by atoms with van der Waals surface area (Å²) in [7, 11) is 0. The van der Waals surface area contributed by atoms with Crippen LogP contribution in [0.2, 0.25) is 0 Å². The lowest BCUT2D eigenvalue weighted by molar-refractivity contribution is 0.102. The summed E-state index contributed by atoms with van der Waals surface area (Å²) in [6, 6.07) is 8.86. The van der Waals surface area contributed by atoms with Crippen LogP contribution in [0.25, 0.3) is 0 Å². The highest BCUT2D eigenvalue weighted by atomic mass is 19.1. The quantitative estimate of drug-likeness (QED) is 0.534. The van der Waals surface area contributed by atoms with E-state index in [2.05, 4.69) is 0 Å². The minimum absolute atomic E-state index is 0.186. The van der Waals surface area contributed by atoms with Crippen LogP contribution in [0.4, 0.5) is 4.39 Å². The zero-order valence-corrected chi connectivity index (χ0v) is 9.79. The molecule has 0 amide bonds. The number of unbranched alkanes of at least 4 members (excludes halogenated alkanes) is 1. The van der Waals surface area contributed by atoms with Crippen molar-refractivity contribution >= 4 is 5.78 Å². The van der Waals surface area contributed by atoms with Gasteiger partial charge < -0.3 is 0 Å². The van der Waals surface area contributed by atoms with Crippen LogP contribution in [0.5, 0.6) is 0 Å². The van der Waals surface area contributed by atoms with Crippen LogP contribution in [0, 0.1) is 0 Å². The molecule has 1 rings (SSSR count). The third kappa shape index (κ3) is 3.30. The molecule has 0 radical (unpaired) electrons. The van der Waals surface area contributed by atoms with E-state index in [0.717, 1.165) is 12.8 Å². The Morgan fingerprint density at radius 2 is 1.88 bits per heavy atom. The Labute approximate surface area is 96.0 Å². The summed E-state index contributed by atoms with van der Waals surface area (Å²) >= 11 is 0. The number of ketones is 1. The first-order valence-electron chi connectivity index (χ1n) is 5.61. The van der Waals surface area contributed by atoms with Crippen molar-refractivity contribution < 1.29 is 9.18 Å². The van der Waals surface area contributed by atoms with Gasteiger partial charge in [-0.2, -0.15) is 0 Å². The molecule has 86 valence electrons. The Hall–Kier alpha value is -1.44. The van der Waals surface area contributed by atoms with Crippen LogP contribution in [0.3, 0.4) is 0 Å². The van der Waals surface area contributed by atoms with E-state index in [4.69, 9.17) is 0 Å². The van der Waals surface area contributed by atoms with Crippen LogP contribution >= 0.6 is 0 Å². The molecule has 0 aliphatic heterocycles. The summed E-state index contributed by atoms with van der Waals surface area (Å²) in [4.78, 5) is 12.0. The molecule has 1 nitrogen and oxygen atoms in total. The lowest BCUT2D eigenvalue weighted by Gasteiger charge is -2.06. The number of carbonyl (C=O) groups excluding carboxylic acids is 1. The number of hydrogen-bond acceptors (Lipinski definition) is 1. The summed E-state index contributed by atoms with van der Waals surface area (Å²) in [6.07, 6.45) is 2.32. The fraction of sp³-hybridized carbons (Fsp3) is 0.357. The van der Waals surface area contributed by atoms with Gasteiger partial charge in [-0.15, -0.1) is 0 Å². The maximum absolute atomic E-state index is 13.3. The molecule has 0 spiro atoms. The Balaban J connectivity index is 2.89. The lowest BCUT2D eigenvalue weighted by Crippen LogP contribution is -2.04. The minimum Gasteiger partial charge on any atom is -0.289 e. The second-order valence-electron chi connectivity index (χ2n) is 3.81. The van der Waals surface area contributed by atoms with Crippen LogP contribution in [-0.4, -0.2) is 5.78 Å². The molecule has 2 heteroatoms. The molecule has 1 aromatic rings. The molecule has 0 heterocycles. The Morgan fingerprint density at radius 3 is 2.38 bits per heavy atom. The predicted molar refractivity (Wildman–Crippen MR) is 64.1 cm³/mol. The van der Waals surface area contributed by atoms with Crippen LogP contribution in [-0.2, 0) is 0 Å². The van der Waals surface area contributed by atoms with Crippen LogP contribution < -0.4 is 0 Å². The van der Waals surface area contributed by atoms with Crippen LogP contribution in [0.1, 0.15) is 43.5 Å². The topological polar surface area (TPSA) is 17.1 Å². The van der Waals surface area contributed by atoms with Gasteiger partial charge >= 0.3 is 0 Å². The average Bonchev–Trinajstić information content (AvgIpc) is 2.30. The molecule has 0 fully saturated rings. The van der Waals surface area contributed by atoms with Crippen molar-refractivity contribution in [2.45, 2.75) is 33.1 Å². The van der Waals surface area contributed by atoms with E-state index in [0.29, 0.717) is 17.6 Å². The fourth-order valence-electron chi connectivity index (χ4n) is 1.56. The van der Waals surface area contributed by atoms with Gasteiger partial charge in [0, 0.05) is 11.1 Å². The second-order valence-corrected chi connectivity index (χ2v) is 3.81. The second kappa shape index (κ2) is 6.21. The smallest absolute Gasteiger partial charge is 0.191 e. The summed E-state index contributed by atoms with van der Waals surface area (Å²) in [5, 5.41) is 0. The van der Waals surface area contributed by atoms with Crippen molar-refractivity contribution in [2.24, 2.45) is 0 Å². The lowest BCUT2D eigenvalue weighted by atomic mass is 9.98. The number of allylic oxidation sites excluding steroid dienone is 2. The first-order valence-corrected chi connectivity index (χ1v) is 5.61. The average molecular weight is 220 g/mol. The molecule has 0 aliphatic rings. The highest BCUT2D eigenvalue weighted by Crippen LogP contribution is 2.19. The van der Waals surface area contributed by atoms with E-state index in [-0.39, 0.29) is 11.6 Å². The van der Waals surface area contributed by atoms with Gasteiger partial charge in [0.25, 0.3) is 0 Å². The number of rotatable bonds is 5. The van der Waals surface area contributed by atoms with Gasteiger partial charge in [-0.1, -0.05) is 43.7 Å². The summed E-state index contributed by atoms with van der Waals surface area (Å²) in [6.45, 7) is 3.38. The fourth-order valence-corrected chi connectivity index (χ4v) is 1.56. The van der Waals surface area contributed by atoms with Crippen molar-refractivity contribution in [3.05, 3.63) is 47.3 Å². The van der Waals surface area contributed by atoms with Gasteiger partial charge in [0.1, 0.15) is 5.83 Å². The molecule has 0 unspecified atom stereocenters. The van der Waals surface area contributed by atoms with E-state index >= 15 is 0 Å².